The number of Topliss-reactive ketones (excluding diaryl/α,β-unsaturated/α-hetero) is 1. The van der Waals surface area contributed by atoms with Crippen molar-refractivity contribution in [1.29, 1.82) is 0 Å². The summed E-state index contributed by atoms with van der Waals surface area (Å²) in [6, 6.07) is 4.64. The number of hydrogen-bond donors (Lipinski definition) is 1. The molecule has 1 aliphatic rings. The third kappa shape index (κ3) is 2.04. The largest absolute Gasteiger partial charge is 0.497 e. The summed E-state index contributed by atoms with van der Waals surface area (Å²) in [5.41, 5.74) is -1.28. The van der Waals surface area contributed by atoms with Gasteiger partial charge in [0.05, 0.1) is 33.0 Å². The summed E-state index contributed by atoms with van der Waals surface area (Å²) in [6.07, 6.45) is 0. The molecule has 1 saturated heterocycles. The standard InChI is InChI=1S/C13H14O6/c1-17-8-3-4-9(10(5-8)18-2)11(14)13(12(15)16)6-19-7-13/h3-5H,6-7H2,1-2H3,(H,15,16). The van der Waals surface area contributed by atoms with Gasteiger partial charge in [-0.2, -0.15) is 0 Å². The number of rotatable bonds is 5. The molecule has 0 unspecified atom stereocenters. The van der Waals surface area contributed by atoms with Crippen LogP contribution < -0.4 is 9.47 Å². The molecule has 1 heterocycles. The van der Waals surface area contributed by atoms with Crippen LogP contribution in [0.4, 0.5) is 0 Å². The first-order valence-electron chi connectivity index (χ1n) is 5.63. The Morgan fingerprint density at radius 1 is 1.26 bits per heavy atom. The number of benzene rings is 1. The summed E-state index contributed by atoms with van der Waals surface area (Å²) in [6.45, 7) is -0.229. The molecular weight excluding hydrogens is 252 g/mol. The van der Waals surface area contributed by atoms with Gasteiger partial charge in [0.2, 0.25) is 0 Å². The minimum atomic E-state index is -1.50. The van der Waals surface area contributed by atoms with E-state index in [9.17, 15) is 14.7 Å². The van der Waals surface area contributed by atoms with Crippen LogP contribution in [-0.2, 0) is 9.53 Å². The molecule has 0 bridgehead atoms. The van der Waals surface area contributed by atoms with E-state index in [1.165, 1.54) is 20.3 Å². The van der Waals surface area contributed by atoms with E-state index < -0.39 is 17.2 Å². The number of methoxy groups -OCH3 is 2. The lowest BCUT2D eigenvalue weighted by molar-refractivity contribution is -0.169. The Kier molecular flexibility index (Phi) is 3.44. The molecule has 1 N–H and O–H groups in total. The summed E-state index contributed by atoms with van der Waals surface area (Å²) >= 11 is 0. The predicted molar refractivity (Wildman–Crippen MR) is 64.8 cm³/mol. The molecule has 0 radical (unpaired) electrons. The van der Waals surface area contributed by atoms with Crippen LogP contribution in [0.2, 0.25) is 0 Å². The first kappa shape index (κ1) is 13.4. The van der Waals surface area contributed by atoms with Gasteiger partial charge in [-0.3, -0.25) is 9.59 Å². The molecule has 0 aromatic heterocycles. The van der Waals surface area contributed by atoms with Gasteiger partial charge in [0.15, 0.2) is 11.2 Å². The van der Waals surface area contributed by atoms with Crippen LogP contribution in [0.3, 0.4) is 0 Å². The first-order chi connectivity index (χ1) is 9.05. The summed E-state index contributed by atoms with van der Waals surface area (Å²) in [4.78, 5) is 23.7. The summed E-state index contributed by atoms with van der Waals surface area (Å²) in [5, 5.41) is 9.21. The highest BCUT2D eigenvalue weighted by Crippen LogP contribution is 2.36. The van der Waals surface area contributed by atoms with Gasteiger partial charge in [-0.1, -0.05) is 0 Å². The normalized spacial score (nSPS) is 16.3. The number of carbonyl (C=O) groups is 2. The second-order valence-corrected chi connectivity index (χ2v) is 4.28. The van der Waals surface area contributed by atoms with Crippen LogP contribution in [-0.4, -0.2) is 44.3 Å². The topological polar surface area (TPSA) is 82.1 Å². The highest BCUT2D eigenvalue weighted by molar-refractivity contribution is 6.14. The number of hydrogen-bond acceptors (Lipinski definition) is 5. The minimum absolute atomic E-state index is 0.115. The second-order valence-electron chi connectivity index (χ2n) is 4.28. The maximum atomic E-state index is 12.4. The van der Waals surface area contributed by atoms with Gasteiger partial charge in [0.1, 0.15) is 11.5 Å². The number of carbonyl (C=O) groups excluding carboxylic acids is 1. The fourth-order valence-electron chi connectivity index (χ4n) is 1.90. The van der Waals surface area contributed by atoms with Crippen molar-refractivity contribution in [3.63, 3.8) is 0 Å². The van der Waals surface area contributed by atoms with Gasteiger partial charge in [-0.25, -0.2) is 0 Å². The number of ketones is 1. The molecule has 1 aromatic carbocycles. The van der Waals surface area contributed by atoms with Crippen molar-refractivity contribution in [3.05, 3.63) is 23.8 Å². The molecule has 1 fully saturated rings. The summed E-state index contributed by atoms with van der Waals surface area (Å²) in [7, 11) is 2.91. The lowest BCUT2D eigenvalue weighted by Crippen LogP contribution is -2.54. The molecule has 102 valence electrons. The zero-order chi connectivity index (χ0) is 14.0. The van der Waals surface area contributed by atoms with Gasteiger partial charge >= 0.3 is 5.97 Å². The van der Waals surface area contributed by atoms with Gasteiger partial charge < -0.3 is 19.3 Å². The van der Waals surface area contributed by atoms with Crippen LogP contribution in [0, 0.1) is 5.41 Å². The van der Waals surface area contributed by atoms with E-state index in [1.54, 1.807) is 12.1 Å². The van der Waals surface area contributed by atoms with Crippen LogP contribution >= 0.6 is 0 Å². The van der Waals surface area contributed by atoms with Crippen molar-refractivity contribution in [2.24, 2.45) is 5.41 Å². The fraction of sp³-hybridized carbons (Fsp3) is 0.385. The highest BCUT2D eigenvalue weighted by atomic mass is 16.5. The fourth-order valence-corrected chi connectivity index (χ4v) is 1.90. The molecule has 6 nitrogen and oxygen atoms in total. The molecule has 2 rings (SSSR count). The van der Waals surface area contributed by atoms with Crippen molar-refractivity contribution >= 4 is 11.8 Å². The molecular formula is C13H14O6. The van der Waals surface area contributed by atoms with Crippen molar-refractivity contribution in [3.8, 4) is 11.5 Å². The van der Waals surface area contributed by atoms with E-state index in [1.807, 2.05) is 0 Å². The van der Waals surface area contributed by atoms with E-state index in [2.05, 4.69) is 0 Å². The van der Waals surface area contributed by atoms with Gasteiger partial charge in [-0.15, -0.1) is 0 Å². The molecule has 0 aliphatic carbocycles. The minimum Gasteiger partial charge on any atom is -0.497 e. The average Bonchev–Trinajstić information content (AvgIpc) is 2.35. The molecule has 0 amide bonds. The van der Waals surface area contributed by atoms with Crippen LogP contribution in [0.15, 0.2) is 18.2 Å². The lowest BCUT2D eigenvalue weighted by Gasteiger charge is -2.35. The van der Waals surface area contributed by atoms with Gasteiger partial charge in [0.25, 0.3) is 0 Å². The monoisotopic (exact) mass is 266 g/mol. The zero-order valence-electron chi connectivity index (χ0n) is 10.6. The Morgan fingerprint density at radius 3 is 2.37 bits per heavy atom. The number of aliphatic carboxylic acids is 1. The Labute approximate surface area is 109 Å². The Hall–Kier alpha value is -2.08. The molecule has 19 heavy (non-hydrogen) atoms. The molecule has 6 heteroatoms. The molecule has 0 spiro atoms. The van der Waals surface area contributed by atoms with Gasteiger partial charge in [0, 0.05) is 6.07 Å². The number of ether oxygens (including phenoxy) is 3. The molecule has 0 atom stereocenters. The van der Waals surface area contributed by atoms with E-state index in [-0.39, 0.29) is 24.5 Å². The third-order valence-electron chi connectivity index (χ3n) is 3.19. The summed E-state index contributed by atoms with van der Waals surface area (Å²) < 4.78 is 15.0. The van der Waals surface area contributed by atoms with E-state index in [0.717, 1.165) is 0 Å². The van der Waals surface area contributed by atoms with E-state index >= 15 is 0 Å². The molecule has 1 aromatic rings. The quantitative estimate of drug-likeness (QED) is 0.632. The van der Waals surface area contributed by atoms with E-state index in [4.69, 9.17) is 14.2 Å². The van der Waals surface area contributed by atoms with Crippen molar-refractivity contribution < 1.29 is 28.9 Å². The molecule has 0 saturated carbocycles. The second kappa shape index (κ2) is 4.89. The maximum Gasteiger partial charge on any atom is 0.322 e. The molecule has 1 aliphatic heterocycles. The third-order valence-corrected chi connectivity index (χ3v) is 3.19. The Morgan fingerprint density at radius 2 is 1.95 bits per heavy atom. The maximum absolute atomic E-state index is 12.4. The van der Waals surface area contributed by atoms with Crippen molar-refractivity contribution in [2.45, 2.75) is 0 Å². The number of carboxylic acids is 1. The summed E-state index contributed by atoms with van der Waals surface area (Å²) in [5.74, 6) is -0.869. The number of carboxylic acid groups (broad SMARTS) is 1. The van der Waals surface area contributed by atoms with Crippen molar-refractivity contribution in [2.75, 3.05) is 27.4 Å². The van der Waals surface area contributed by atoms with Crippen LogP contribution in [0.5, 0.6) is 11.5 Å². The van der Waals surface area contributed by atoms with Crippen LogP contribution in [0.25, 0.3) is 0 Å². The predicted octanol–water partition coefficient (Wildman–Crippen LogP) is 0.988. The smallest absolute Gasteiger partial charge is 0.322 e. The van der Waals surface area contributed by atoms with Crippen molar-refractivity contribution in [1.82, 2.24) is 0 Å². The highest BCUT2D eigenvalue weighted by Gasteiger charge is 2.53. The SMILES string of the molecule is COc1ccc(C(=O)C2(C(=O)O)COC2)c(OC)c1. The Balaban J connectivity index is 2.41. The van der Waals surface area contributed by atoms with Gasteiger partial charge in [-0.05, 0) is 12.1 Å². The average molecular weight is 266 g/mol. The lowest BCUT2D eigenvalue weighted by atomic mass is 9.78. The Bertz CT molecular complexity index is 518. The van der Waals surface area contributed by atoms with Crippen LogP contribution in [0.1, 0.15) is 10.4 Å². The zero-order valence-corrected chi connectivity index (χ0v) is 10.6. The van der Waals surface area contributed by atoms with E-state index in [0.29, 0.717) is 5.75 Å². The first-order valence-corrected chi connectivity index (χ1v) is 5.63.